The number of carbonyl (C=O) groups is 2. The van der Waals surface area contributed by atoms with Crippen molar-refractivity contribution in [1.29, 1.82) is 0 Å². The lowest BCUT2D eigenvalue weighted by Crippen LogP contribution is -1.95. The summed E-state index contributed by atoms with van der Waals surface area (Å²) in [6.45, 7) is 1.86. The zero-order valence-electron chi connectivity index (χ0n) is 8.09. The van der Waals surface area contributed by atoms with Crippen LogP contribution in [-0.2, 0) is 0 Å². The van der Waals surface area contributed by atoms with Crippen molar-refractivity contribution >= 4 is 11.6 Å². The first-order valence-corrected chi connectivity index (χ1v) is 4.38. The van der Waals surface area contributed by atoms with Gasteiger partial charge in [0, 0.05) is 11.1 Å². The second kappa shape index (κ2) is 2.94. The normalized spacial score (nSPS) is 14.4. The summed E-state index contributed by atoms with van der Waals surface area (Å²) in [6, 6.07) is 3.37. The van der Waals surface area contributed by atoms with Crippen molar-refractivity contribution in [2.45, 2.75) is 13.3 Å². The van der Waals surface area contributed by atoms with Gasteiger partial charge in [-0.25, -0.2) is 0 Å². The fourth-order valence-electron chi connectivity index (χ4n) is 1.71. The molecule has 3 heteroatoms. The van der Waals surface area contributed by atoms with Gasteiger partial charge in [-0.3, -0.25) is 9.59 Å². The Morgan fingerprint density at radius 1 is 1.14 bits per heavy atom. The Bertz CT molecular complexity index is 432. The molecule has 1 aromatic rings. The van der Waals surface area contributed by atoms with Crippen LogP contribution in [0.3, 0.4) is 0 Å². The molecule has 0 aliphatic heterocycles. The van der Waals surface area contributed by atoms with Crippen LogP contribution in [-0.4, -0.2) is 18.7 Å². The highest BCUT2D eigenvalue weighted by Crippen LogP contribution is 2.29. The molecule has 0 saturated carbocycles. The number of Topliss-reactive ketones (excluding diaryl/α,β-unsaturated/α-hetero) is 2. The van der Waals surface area contributed by atoms with E-state index in [1.54, 1.807) is 19.2 Å². The molecular weight excluding hydrogens is 180 g/mol. The van der Waals surface area contributed by atoms with Crippen molar-refractivity contribution in [3.8, 4) is 5.75 Å². The fraction of sp³-hybridized carbons (Fsp3) is 0.273. The van der Waals surface area contributed by atoms with Gasteiger partial charge in [0.25, 0.3) is 0 Å². The number of fused-ring (bicyclic) bond motifs is 1. The number of hydrogen-bond donors (Lipinski definition) is 0. The van der Waals surface area contributed by atoms with Crippen molar-refractivity contribution in [1.82, 2.24) is 0 Å². The minimum absolute atomic E-state index is 0.00193. The Morgan fingerprint density at radius 3 is 2.29 bits per heavy atom. The first kappa shape index (κ1) is 8.94. The number of rotatable bonds is 1. The lowest BCUT2D eigenvalue weighted by atomic mass is 10.1. The number of methoxy groups -OCH3 is 1. The molecule has 1 aliphatic rings. The lowest BCUT2D eigenvalue weighted by molar-refractivity contribution is 0.0923. The van der Waals surface area contributed by atoms with Crippen LogP contribution in [0.25, 0.3) is 0 Å². The van der Waals surface area contributed by atoms with Crippen LogP contribution in [0.1, 0.15) is 32.7 Å². The first-order valence-electron chi connectivity index (χ1n) is 4.38. The highest BCUT2D eigenvalue weighted by molar-refractivity contribution is 6.24. The van der Waals surface area contributed by atoms with Crippen LogP contribution in [0.5, 0.6) is 5.75 Å². The molecule has 0 fully saturated rings. The Labute approximate surface area is 81.7 Å². The minimum atomic E-state index is -0.108. The molecule has 0 heterocycles. The molecule has 3 nitrogen and oxygen atoms in total. The van der Waals surface area contributed by atoms with Crippen molar-refractivity contribution in [2.24, 2.45) is 0 Å². The highest BCUT2D eigenvalue weighted by atomic mass is 16.5. The van der Waals surface area contributed by atoms with E-state index < -0.39 is 0 Å². The van der Waals surface area contributed by atoms with Crippen molar-refractivity contribution < 1.29 is 14.3 Å². The van der Waals surface area contributed by atoms with Gasteiger partial charge >= 0.3 is 0 Å². The molecule has 1 aromatic carbocycles. The number of hydrogen-bond acceptors (Lipinski definition) is 3. The summed E-state index contributed by atoms with van der Waals surface area (Å²) < 4.78 is 5.09. The molecule has 2 rings (SSSR count). The van der Waals surface area contributed by atoms with E-state index in [1.807, 2.05) is 6.92 Å². The quantitative estimate of drug-likeness (QED) is 0.634. The second-order valence-electron chi connectivity index (χ2n) is 3.39. The third kappa shape index (κ3) is 1.13. The average molecular weight is 190 g/mol. The van der Waals surface area contributed by atoms with Crippen LogP contribution >= 0.6 is 0 Å². The van der Waals surface area contributed by atoms with E-state index in [2.05, 4.69) is 0 Å². The first-order chi connectivity index (χ1) is 6.63. The third-order valence-electron chi connectivity index (χ3n) is 2.46. The van der Waals surface area contributed by atoms with E-state index >= 15 is 0 Å². The van der Waals surface area contributed by atoms with E-state index in [-0.39, 0.29) is 18.0 Å². The predicted octanol–water partition coefficient (Wildman–Crippen LogP) is 1.77. The molecule has 0 atom stereocenters. The van der Waals surface area contributed by atoms with E-state index in [0.717, 1.165) is 5.56 Å². The maximum atomic E-state index is 11.4. The van der Waals surface area contributed by atoms with Gasteiger partial charge in [-0.15, -0.1) is 0 Å². The molecule has 0 N–H and O–H groups in total. The Hall–Kier alpha value is -1.64. The lowest BCUT2D eigenvalue weighted by Gasteiger charge is -2.06. The summed E-state index contributed by atoms with van der Waals surface area (Å²) in [5, 5.41) is 0. The van der Waals surface area contributed by atoms with Gasteiger partial charge in [0.2, 0.25) is 0 Å². The molecule has 14 heavy (non-hydrogen) atoms. The van der Waals surface area contributed by atoms with Crippen LogP contribution in [0.4, 0.5) is 0 Å². The summed E-state index contributed by atoms with van der Waals surface area (Å²) in [4.78, 5) is 22.7. The number of benzene rings is 1. The molecule has 1 aliphatic carbocycles. The Morgan fingerprint density at radius 2 is 1.71 bits per heavy atom. The smallest absolute Gasteiger partial charge is 0.171 e. The van der Waals surface area contributed by atoms with Crippen LogP contribution in [0.2, 0.25) is 0 Å². The fourth-order valence-corrected chi connectivity index (χ4v) is 1.71. The van der Waals surface area contributed by atoms with Gasteiger partial charge in [-0.2, -0.15) is 0 Å². The second-order valence-corrected chi connectivity index (χ2v) is 3.39. The van der Waals surface area contributed by atoms with Crippen molar-refractivity contribution in [3.63, 3.8) is 0 Å². The van der Waals surface area contributed by atoms with E-state index in [9.17, 15) is 9.59 Å². The molecule has 0 radical (unpaired) electrons. The standard InChI is InChI=1S/C11H10O3/c1-6-3-7-8(4-11(6)14-2)10(13)5-9(7)12/h3-4H,5H2,1-2H3. The summed E-state index contributed by atoms with van der Waals surface area (Å²) in [6.07, 6.45) is 0.00193. The molecule has 0 saturated heterocycles. The van der Waals surface area contributed by atoms with Crippen LogP contribution in [0.15, 0.2) is 12.1 Å². The van der Waals surface area contributed by atoms with Crippen LogP contribution in [0, 0.1) is 6.92 Å². The molecule has 0 bridgehead atoms. The third-order valence-corrected chi connectivity index (χ3v) is 2.46. The SMILES string of the molecule is COc1cc2c(cc1C)C(=O)CC2=O. The monoisotopic (exact) mass is 190 g/mol. The largest absolute Gasteiger partial charge is 0.496 e. The van der Waals surface area contributed by atoms with Gasteiger partial charge in [0.15, 0.2) is 11.6 Å². The van der Waals surface area contributed by atoms with Gasteiger partial charge in [0.05, 0.1) is 13.5 Å². The maximum Gasteiger partial charge on any atom is 0.171 e. The number of ketones is 2. The van der Waals surface area contributed by atoms with Gasteiger partial charge in [-0.05, 0) is 24.6 Å². The summed E-state index contributed by atoms with van der Waals surface area (Å²) in [5.41, 5.74) is 1.92. The maximum absolute atomic E-state index is 11.4. The summed E-state index contributed by atoms with van der Waals surface area (Å²) in [5.74, 6) is 0.464. The molecule has 0 aromatic heterocycles. The molecule has 72 valence electrons. The summed E-state index contributed by atoms with van der Waals surface area (Å²) in [7, 11) is 1.55. The Balaban J connectivity index is 2.65. The molecule has 0 spiro atoms. The number of aryl methyl sites for hydroxylation is 1. The summed E-state index contributed by atoms with van der Waals surface area (Å²) >= 11 is 0. The van der Waals surface area contributed by atoms with Crippen molar-refractivity contribution in [3.05, 3.63) is 28.8 Å². The zero-order chi connectivity index (χ0) is 10.3. The average Bonchev–Trinajstić information content (AvgIpc) is 2.41. The van der Waals surface area contributed by atoms with E-state index in [1.165, 1.54) is 0 Å². The van der Waals surface area contributed by atoms with Gasteiger partial charge in [0.1, 0.15) is 5.75 Å². The van der Waals surface area contributed by atoms with Gasteiger partial charge < -0.3 is 4.74 Å². The predicted molar refractivity (Wildman–Crippen MR) is 51.0 cm³/mol. The number of ether oxygens (including phenoxy) is 1. The minimum Gasteiger partial charge on any atom is -0.496 e. The number of carbonyl (C=O) groups excluding carboxylic acids is 2. The zero-order valence-corrected chi connectivity index (χ0v) is 8.09. The molecular formula is C11H10O3. The Kier molecular flexibility index (Phi) is 1.88. The van der Waals surface area contributed by atoms with Gasteiger partial charge in [-0.1, -0.05) is 0 Å². The topological polar surface area (TPSA) is 43.4 Å². The van der Waals surface area contributed by atoms with Crippen LogP contribution < -0.4 is 4.74 Å². The molecule has 0 amide bonds. The van der Waals surface area contributed by atoms with E-state index in [4.69, 9.17) is 4.74 Å². The highest BCUT2D eigenvalue weighted by Gasteiger charge is 2.28. The van der Waals surface area contributed by atoms with E-state index in [0.29, 0.717) is 16.9 Å². The molecule has 0 unspecified atom stereocenters. The van der Waals surface area contributed by atoms with Crippen molar-refractivity contribution in [2.75, 3.05) is 7.11 Å².